The molecule has 0 bridgehead atoms. The summed E-state index contributed by atoms with van der Waals surface area (Å²) in [7, 11) is -2.71. The molecule has 3 rings (SSSR count). The van der Waals surface area contributed by atoms with Crippen molar-refractivity contribution in [2.45, 2.75) is 64.1 Å². The number of hydrogen-bond acceptors (Lipinski definition) is 5. The molecule has 0 saturated carbocycles. The van der Waals surface area contributed by atoms with Gasteiger partial charge in [-0.2, -0.15) is 0 Å². The summed E-state index contributed by atoms with van der Waals surface area (Å²) in [4.78, 5) is 29.0. The lowest BCUT2D eigenvalue weighted by Gasteiger charge is -2.35. The number of rotatable bonds is 11. The van der Waals surface area contributed by atoms with Crippen LogP contribution in [0.3, 0.4) is 0 Å². The number of carbonyl (C=O) groups excluding carboxylic acids is 2. The summed E-state index contributed by atoms with van der Waals surface area (Å²) >= 11 is 6.09. The topological polar surface area (TPSA) is 96.0 Å². The van der Waals surface area contributed by atoms with Gasteiger partial charge < -0.3 is 15.0 Å². The molecule has 1 N–H and O–H groups in total. The molecule has 0 aliphatic carbocycles. The number of ether oxygens (including phenoxy) is 1. The van der Waals surface area contributed by atoms with E-state index in [1.54, 1.807) is 36.4 Å². The van der Waals surface area contributed by atoms with Gasteiger partial charge in [0.05, 0.1) is 17.7 Å². The summed E-state index contributed by atoms with van der Waals surface area (Å²) in [6.07, 6.45) is 0.339. The fraction of sp³-hybridized carbons (Fsp3) is 0.355. The number of nitrogens with one attached hydrogen (secondary N) is 1. The molecule has 0 unspecified atom stereocenters. The summed E-state index contributed by atoms with van der Waals surface area (Å²) < 4.78 is 34.1. The molecule has 0 aliphatic heterocycles. The highest BCUT2D eigenvalue weighted by molar-refractivity contribution is 7.92. The van der Waals surface area contributed by atoms with Gasteiger partial charge in [-0.3, -0.25) is 13.9 Å². The van der Waals surface area contributed by atoms with Crippen molar-refractivity contribution in [3.05, 3.63) is 88.9 Å². The van der Waals surface area contributed by atoms with Crippen molar-refractivity contribution in [1.82, 2.24) is 10.2 Å². The number of sulfonamides is 1. The molecule has 41 heavy (non-hydrogen) atoms. The molecule has 0 heterocycles. The Morgan fingerprint density at radius 2 is 1.59 bits per heavy atom. The largest absolute Gasteiger partial charge is 0.497 e. The van der Waals surface area contributed by atoms with Crippen LogP contribution < -0.4 is 14.4 Å². The summed E-state index contributed by atoms with van der Waals surface area (Å²) in [5.74, 6) is -0.327. The minimum absolute atomic E-state index is 0.0102. The number of methoxy groups -OCH3 is 1. The molecule has 0 radical (unpaired) electrons. The molecule has 0 saturated heterocycles. The van der Waals surface area contributed by atoms with E-state index >= 15 is 0 Å². The zero-order chi connectivity index (χ0) is 30.4. The molecule has 0 fully saturated rings. The molecule has 0 spiro atoms. The number of aryl methyl sites for hydroxylation is 1. The summed E-state index contributed by atoms with van der Waals surface area (Å²) in [6.45, 7) is 8.98. The highest BCUT2D eigenvalue weighted by Gasteiger charge is 2.34. The second-order valence-corrected chi connectivity index (χ2v) is 13.1. The maximum absolute atomic E-state index is 14.2. The first-order chi connectivity index (χ1) is 19.3. The Morgan fingerprint density at radius 3 is 2.12 bits per heavy atom. The third-order valence-electron chi connectivity index (χ3n) is 6.53. The second-order valence-electron chi connectivity index (χ2n) is 10.8. The van der Waals surface area contributed by atoms with Crippen molar-refractivity contribution in [3.63, 3.8) is 0 Å². The molecule has 0 aliphatic rings. The highest BCUT2D eigenvalue weighted by Crippen LogP contribution is 2.27. The molecular weight excluding hydrogens is 562 g/mol. The van der Waals surface area contributed by atoms with Gasteiger partial charge in [-0.25, -0.2) is 8.42 Å². The maximum Gasteiger partial charge on any atom is 0.264 e. The van der Waals surface area contributed by atoms with Crippen LogP contribution in [0.1, 0.15) is 45.2 Å². The van der Waals surface area contributed by atoms with Crippen molar-refractivity contribution in [2.75, 3.05) is 18.0 Å². The number of benzene rings is 3. The number of amides is 2. The Labute approximate surface area is 248 Å². The van der Waals surface area contributed by atoms with Gasteiger partial charge in [0.1, 0.15) is 18.3 Å². The van der Waals surface area contributed by atoms with E-state index in [0.717, 1.165) is 15.4 Å². The Bertz CT molecular complexity index is 1450. The van der Waals surface area contributed by atoms with Crippen molar-refractivity contribution >= 4 is 39.1 Å². The Morgan fingerprint density at radius 1 is 0.976 bits per heavy atom. The van der Waals surface area contributed by atoms with E-state index in [4.69, 9.17) is 16.3 Å². The average Bonchev–Trinajstić information content (AvgIpc) is 2.92. The molecule has 0 aromatic heterocycles. The average molecular weight is 600 g/mol. The van der Waals surface area contributed by atoms with Crippen LogP contribution in [0.4, 0.5) is 5.69 Å². The van der Waals surface area contributed by atoms with E-state index in [9.17, 15) is 18.0 Å². The Balaban J connectivity index is 2.08. The number of nitrogens with zero attached hydrogens (tertiary/aromatic N) is 2. The van der Waals surface area contributed by atoms with E-state index in [0.29, 0.717) is 17.2 Å². The van der Waals surface area contributed by atoms with Crippen LogP contribution in [0.2, 0.25) is 5.02 Å². The first-order valence-corrected chi connectivity index (χ1v) is 15.2. The van der Waals surface area contributed by atoms with Crippen LogP contribution in [0.5, 0.6) is 5.75 Å². The van der Waals surface area contributed by atoms with Gasteiger partial charge in [0, 0.05) is 17.1 Å². The van der Waals surface area contributed by atoms with Crippen molar-refractivity contribution in [3.8, 4) is 5.75 Å². The lowest BCUT2D eigenvalue weighted by molar-refractivity contribution is -0.141. The molecule has 1 atom stereocenters. The van der Waals surface area contributed by atoms with E-state index in [2.05, 4.69) is 5.32 Å². The van der Waals surface area contributed by atoms with Crippen LogP contribution >= 0.6 is 11.6 Å². The number of hydrogen-bond donors (Lipinski definition) is 1. The van der Waals surface area contributed by atoms with Gasteiger partial charge in [-0.05, 0) is 93.8 Å². The molecule has 10 heteroatoms. The lowest BCUT2D eigenvalue weighted by Crippen LogP contribution is -2.55. The van der Waals surface area contributed by atoms with Gasteiger partial charge in [0.2, 0.25) is 11.8 Å². The predicted octanol–water partition coefficient (Wildman–Crippen LogP) is 5.57. The summed E-state index contributed by atoms with van der Waals surface area (Å²) in [5.41, 5.74) is 1.56. The minimum Gasteiger partial charge on any atom is -0.497 e. The van der Waals surface area contributed by atoms with E-state index < -0.39 is 34.1 Å². The molecule has 3 aromatic carbocycles. The van der Waals surface area contributed by atoms with E-state index in [1.165, 1.54) is 24.1 Å². The minimum atomic E-state index is -4.20. The molecule has 2 amide bonds. The van der Waals surface area contributed by atoms with E-state index in [1.807, 2.05) is 58.9 Å². The van der Waals surface area contributed by atoms with Crippen LogP contribution in [-0.2, 0) is 26.2 Å². The normalized spacial score (nSPS) is 12.4. The monoisotopic (exact) mass is 599 g/mol. The van der Waals surface area contributed by atoms with Crippen LogP contribution in [0.15, 0.2) is 77.7 Å². The summed E-state index contributed by atoms with van der Waals surface area (Å²) in [6, 6.07) is 19.0. The van der Waals surface area contributed by atoms with Gasteiger partial charge >= 0.3 is 0 Å². The first kappa shape index (κ1) is 32.0. The van der Waals surface area contributed by atoms with Crippen LogP contribution in [-0.4, -0.2) is 50.4 Å². The quantitative estimate of drug-likeness (QED) is 0.311. The number of halogens is 1. The summed E-state index contributed by atoms with van der Waals surface area (Å²) in [5, 5.41) is 3.40. The van der Waals surface area contributed by atoms with Crippen molar-refractivity contribution in [1.29, 1.82) is 0 Å². The molecule has 8 nitrogen and oxygen atoms in total. The third kappa shape index (κ3) is 8.24. The smallest absolute Gasteiger partial charge is 0.264 e. The number of anilines is 1. The fourth-order valence-corrected chi connectivity index (χ4v) is 5.89. The van der Waals surface area contributed by atoms with Gasteiger partial charge in [0.15, 0.2) is 0 Å². The molecule has 3 aromatic rings. The Hall–Kier alpha value is -3.56. The number of carbonyl (C=O) groups is 2. The van der Waals surface area contributed by atoms with E-state index in [-0.39, 0.29) is 23.0 Å². The van der Waals surface area contributed by atoms with Gasteiger partial charge in [0.25, 0.3) is 10.0 Å². The van der Waals surface area contributed by atoms with Gasteiger partial charge in [-0.1, -0.05) is 42.8 Å². The maximum atomic E-state index is 14.2. The third-order valence-corrected chi connectivity index (χ3v) is 8.57. The zero-order valence-electron chi connectivity index (χ0n) is 24.3. The van der Waals surface area contributed by atoms with Crippen LogP contribution in [0.25, 0.3) is 0 Å². The lowest BCUT2D eigenvalue weighted by atomic mass is 10.0. The molecule has 220 valence electrons. The second kappa shape index (κ2) is 13.4. The fourth-order valence-electron chi connectivity index (χ4n) is 4.35. The predicted molar refractivity (Wildman–Crippen MR) is 163 cm³/mol. The van der Waals surface area contributed by atoms with Crippen molar-refractivity contribution in [2.24, 2.45) is 0 Å². The molecular formula is C31H38ClN3O5S. The van der Waals surface area contributed by atoms with Gasteiger partial charge in [-0.15, -0.1) is 0 Å². The highest BCUT2D eigenvalue weighted by atomic mass is 35.5. The van der Waals surface area contributed by atoms with Crippen molar-refractivity contribution < 1.29 is 22.7 Å². The van der Waals surface area contributed by atoms with Crippen LogP contribution in [0, 0.1) is 6.92 Å². The Kier molecular flexibility index (Phi) is 10.4. The first-order valence-electron chi connectivity index (χ1n) is 13.3. The standard InChI is InChI=1S/C31H38ClN3O5S/c1-7-28(30(37)33-31(3,4)5)34(20-23-11-9-8-10-22(23)2)29(36)21-35(25-14-12-24(32)13-15-25)41(38,39)27-18-16-26(40-6)17-19-27/h8-19,28H,7,20-21H2,1-6H3,(H,33,37)/t28-/m0/s1. The zero-order valence-corrected chi connectivity index (χ0v) is 25.9. The SMILES string of the molecule is CC[C@@H](C(=O)NC(C)(C)C)N(Cc1ccccc1C)C(=O)CN(c1ccc(Cl)cc1)S(=O)(=O)c1ccc(OC)cc1.